The van der Waals surface area contributed by atoms with E-state index in [1.807, 2.05) is 34.1 Å². The number of carbonyl (C=O) groups is 2. The summed E-state index contributed by atoms with van der Waals surface area (Å²) in [5.41, 5.74) is 1.13. The Balaban J connectivity index is 1.82. The number of benzene rings is 1. The Morgan fingerprint density at radius 2 is 1.25 bits per heavy atom. The fourth-order valence-corrected chi connectivity index (χ4v) is 3.94. The van der Waals surface area contributed by atoms with Gasteiger partial charge in [0.1, 0.15) is 0 Å². The van der Waals surface area contributed by atoms with Gasteiger partial charge in [-0.1, -0.05) is 26.0 Å². The number of rotatable bonds is 2. The van der Waals surface area contributed by atoms with E-state index in [0.717, 1.165) is 39.0 Å². The van der Waals surface area contributed by atoms with Gasteiger partial charge in [-0.05, 0) is 49.7 Å². The van der Waals surface area contributed by atoms with Crippen molar-refractivity contribution in [2.75, 3.05) is 26.2 Å². The number of piperidine rings is 2. The van der Waals surface area contributed by atoms with E-state index < -0.39 is 0 Å². The Labute approximate surface area is 144 Å². The van der Waals surface area contributed by atoms with Crippen LogP contribution >= 0.6 is 0 Å². The van der Waals surface area contributed by atoms with Crippen LogP contribution in [0.5, 0.6) is 0 Å². The smallest absolute Gasteiger partial charge is 0.254 e. The number of nitrogens with zero attached hydrogens (tertiary/aromatic N) is 2. The molecule has 0 N–H and O–H groups in total. The van der Waals surface area contributed by atoms with E-state index in [1.54, 1.807) is 0 Å². The van der Waals surface area contributed by atoms with Crippen LogP contribution in [0.25, 0.3) is 0 Å². The normalized spacial score (nSPS) is 24.8. The third-order valence-electron chi connectivity index (χ3n) is 5.28. The third-order valence-corrected chi connectivity index (χ3v) is 5.28. The standard InChI is InChI=1S/C20H28N2O2/c1-15-7-5-11-21(13-15)19(23)17-9-3-4-10-18(17)20(24)22-12-6-8-16(2)14-22/h3-4,9-10,15-16H,5-8,11-14H2,1-2H3. The number of hydrogen-bond donors (Lipinski definition) is 0. The largest absolute Gasteiger partial charge is 0.338 e. The average molecular weight is 328 g/mol. The van der Waals surface area contributed by atoms with Gasteiger partial charge in [0.2, 0.25) is 0 Å². The van der Waals surface area contributed by atoms with E-state index in [2.05, 4.69) is 13.8 Å². The van der Waals surface area contributed by atoms with Crippen LogP contribution in [0.1, 0.15) is 60.2 Å². The average Bonchev–Trinajstić information content (AvgIpc) is 2.60. The van der Waals surface area contributed by atoms with Crippen molar-refractivity contribution < 1.29 is 9.59 Å². The zero-order valence-corrected chi connectivity index (χ0v) is 14.8. The van der Waals surface area contributed by atoms with Crippen molar-refractivity contribution in [1.82, 2.24) is 9.80 Å². The predicted octanol–water partition coefficient (Wildman–Crippen LogP) is 3.43. The molecule has 0 aliphatic carbocycles. The molecule has 0 spiro atoms. The minimum atomic E-state index is 0.00978. The van der Waals surface area contributed by atoms with E-state index in [1.165, 1.54) is 12.8 Å². The SMILES string of the molecule is CC1CCCN(C(=O)c2ccccc2C(=O)N2CCCC(C)C2)C1. The first-order chi connectivity index (χ1) is 11.6. The fraction of sp³-hybridized carbons (Fsp3) is 0.600. The maximum atomic E-state index is 13.0. The lowest BCUT2D eigenvalue weighted by Gasteiger charge is -2.33. The van der Waals surface area contributed by atoms with Crippen molar-refractivity contribution in [1.29, 1.82) is 0 Å². The summed E-state index contributed by atoms with van der Waals surface area (Å²) in [6.07, 6.45) is 4.45. The van der Waals surface area contributed by atoms with Crippen LogP contribution in [0.15, 0.2) is 24.3 Å². The molecule has 0 bridgehead atoms. The van der Waals surface area contributed by atoms with E-state index in [4.69, 9.17) is 0 Å². The lowest BCUT2D eigenvalue weighted by atomic mass is 9.96. The fourth-order valence-electron chi connectivity index (χ4n) is 3.94. The van der Waals surface area contributed by atoms with Crippen LogP contribution < -0.4 is 0 Å². The lowest BCUT2D eigenvalue weighted by Crippen LogP contribution is -2.42. The topological polar surface area (TPSA) is 40.6 Å². The molecule has 0 radical (unpaired) electrons. The van der Waals surface area contributed by atoms with Crippen molar-refractivity contribution in [3.8, 4) is 0 Å². The van der Waals surface area contributed by atoms with Gasteiger partial charge in [0.05, 0.1) is 11.1 Å². The van der Waals surface area contributed by atoms with Crippen LogP contribution in [0.4, 0.5) is 0 Å². The molecule has 3 rings (SSSR count). The molecule has 2 fully saturated rings. The number of hydrogen-bond acceptors (Lipinski definition) is 2. The zero-order valence-electron chi connectivity index (χ0n) is 14.8. The van der Waals surface area contributed by atoms with Crippen molar-refractivity contribution in [2.24, 2.45) is 11.8 Å². The summed E-state index contributed by atoms with van der Waals surface area (Å²) in [6.45, 7) is 7.56. The molecule has 2 saturated heterocycles. The summed E-state index contributed by atoms with van der Waals surface area (Å²) < 4.78 is 0. The summed E-state index contributed by atoms with van der Waals surface area (Å²) in [6, 6.07) is 7.33. The maximum absolute atomic E-state index is 13.0. The number of carbonyl (C=O) groups excluding carboxylic acids is 2. The second kappa shape index (κ2) is 7.37. The summed E-state index contributed by atoms with van der Waals surface area (Å²) in [7, 11) is 0. The van der Waals surface area contributed by atoms with Crippen LogP contribution in [-0.4, -0.2) is 47.8 Å². The Hall–Kier alpha value is -1.84. The molecule has 4 heteroatoms. The Kier molecular flexibility index (Phi) is 5.22. The molecule has 2 aliphatic rings. The molecule has 1 aromatic rings. The van der Waals surface area contributed by atoms with Gasteiger partial charge in [-0.15, -0.1) is 0 Å². The molecule has 1 aromatic carbocycles. The second-order valence-corrected chi connectivity index (χ2v) is 7.54. The number of amides is 2. The highest BCUT2D eigenvalue weighted by Crippen LogP contribution is 2.22. The van der Waals surface area contributed by atoms with E-state index in [-0.39, 0.29) is 11.8 Å². The highest BCUT2D eigenvalue weighted by atomic mass is 16.2. The molecule has 2 unspecified atom stereocenters. The van der Waals surface area contributed by atoms with E-state index in [0.29, 0.717) is 23.0 Å². The zero-order chi connectivity index (χ0) is 17.1. The Morgan fingerprint density at radius 1 is 0.833 bits per heavy atom. The highest BCUT2D eigenvalue weighted by Gasteiger charge is 2.28. The summed E-state index contributed by atoms with van der Waals surface area (Å²) in [5.74, 6) is 1.09. The van der Waals surface area contributed by atoms with Gasteiger partial charge in [-0.25, -0.2) is 0 Å². The van der Waals surface area contributed by atoms with Crippen LogP contribution in [0.2, 0.25) is 0 Å². The first kappa shape index (κ1) is 17.0. The molecule has 24 heavy (non-hydrogen) atoms. The van der Waals surface area contributed by atoms with Crippen LogP contribution in [0, 0.1) is 11.8 Å². The van der Waals surface area contributed by atoms with E-state index >= 15 is 0 Å². The Bertz CT molecular complexity index is 560. The number of likely N-dealkylation sites (tertiary alicyclic amines) is 2. The van der Waals surface area contributed by atoms with Crippen LogP contribution in [-0.2, 0) is 0 Å². The van der Waals surface area contributed by atoms with Gasteiger partial charge in [0.25, 0.3) is 11.8 Å². The molecule has 2 amide bonds. The van der Waals surface area contributed by atoms with Gasteiger partial charge in [-0.3, -0.25) is 9.59 Å². The molecule has 2 heterocycles. The maximum Gasteiger partial charge on any atom is 0.254 e. The predicted molar refractivity (Wildman–Crippen MR) is 95.0 cm³/mol. The molecular formula is C20H28N2O2. The summed E-state index contributed by atoms with van der Waals surface area (Å²) in [5, 5.41) is 0. The molecular weight excluding hydrogens is 300 g/mol. The van der Waals surface area contributed by atoms with E-state index in [9.17, 15) is 9.59 Å². The van der Waals surface area contributed by atoms with Crippen LogP contribution in [0.3, 0.4) is 0 Å². The summed E-state index contributed by atoms with van der Waals surface area (Å²) >= 11 is 0. The minimum Gasteiger partial charge on any atom is -0.338 e. The minimum absolute atomic E-state index is 0.00978. The molecule has 0 aromatic heterocycles. The van der Waals surface area contributed by atoms with Gasteiger partial charge in [-0.2, -0.15) is 0 Å². The van der Waals surface area contributed by atoms with Crippen molar-refractivity contribution in [2.45, 2.75) is 39.5 Å². The Morgan fingerprint density at radius 3 is 1.62 bits per heavy atom. The first-order valence-corrected chi connectivity index (χ1v) is 9.24. The van der Waals surface area contributed by atoms with Gasteiger partial charge < -0.3 is 9.80 Å². The van der Waals surface area contributed by atoms with Gasteiger partial charge >= 0.3 is 0 Å². The summed E-state index contributed by atoms with van der Waals surface area (Å²) in [4.78, 5) is 29.8. The molecule has 2 atom stereocenters. The highest BCUT2D eigenvalue weighted by molar-refractivity contribution is 6.07. The first-order valence-electron chi connectivity index (χ1n) is 9.24. The quantitative estimate of drug-likeness (QED) is 0.834. The van der Waals surface area contributed by atoms with Gasteiger partial charge in [0.15, 0.2) is 0 Å². The molecule has 2 aliphatic heterocycles. The molecule has 0 saturated carbocycles. The molecule has 4 nitrogen and oxygen atoms in total. The van der Waals surface area contributed by atoms with Crippen molar-refractivity contribution >= 4 is 11.8 Å². The molecule has 130 valence electrons. The van der Waals surface area contributed by atoms with Crippen molar-refractivity contribution in [3.05, 3.63) is 35.4 Å². The van der Waals surface area contributed by atoms with Gasteiger partial charge in [0, 0.05) is 26.2 Å². The second-order valence-electron chi connectivity index (χ2n) is 7.54. The lowest BCUT2D eigenvalue weighted by molar-refractivity contribution is 0.0644. The monoisotopic (exact) mass is 328 g/mol. The van der Waals surface area contributed by atoms with Crippen molar-refractivity contribution in [3.63, 3.8) is 0 Å². The third kappa shape index (κ3) is 3.63.